The fourth-order valence-corrected chi connectivity index (χ4v) is 1.68. The van der Waals surface area contributed by atoms with E-state index in [0.29, 0.717) is 18.5 Å². The zero-order chi connectivity index (χ0) is 11.8. The summed E-state index contributed by atoms with van der Waals surface area (Å²) in [5.41, 5.74) is 5.52. The van der Waals surface area contributed by atoms with Crippen LogP contribution in [0.25, 0.3) is 0 Å². The topological polar surface area (TPSA) is 61.8 Å². The summed E-state index contributed by atoms with van der Waals surface area (Å²) in [4.78, 5) is 2.23. The third-order valence-electron chi connectivity index (χ3n) is 2.55. The second-order valence-electron chi connectivity index (χ2n) is 4.51. The Hall–Kier alpha value is -0.770. The van der Waals surface area contributed by atoms with Gasteiger partial charge in [-0.2, -0.15) is 0 Å². The van der Waals surface area contributed by atoms with E-state index in [4.69, 9.17) is 10.9 Å². The molecule has 0 aromatic rings. The SMILES string of the molecule is CCCC(C)CN(CC(N)=NO)C(C)C. The van der Waals surface area contributed by atoms with Crippen LogP contribution in [0.3, 0.4) is 0 Å². The van der Waals surface area contributed by atoms with E-state index in [2.05, 4.69) is 37.8 Å². The van der Waals surface area contributed by atoms with Gasteiger partial charge in [0, 0.05) is 12.6 Å². The Bertz CT molecular complexity index is 192. The molecule has 4 nitrogen and oxygen atoms in total. The van der Waals surface area contributed by atoms with Crippen LogP contribution in [0.5, 0.6) is 0 Å². The number of hydrogen-bond donors (Lipinski definition) is 2. The largest absolute Gasteiger partial charge is 0.409 e. The van der Waals surface area contributed by atoms with Gasteiger partial charge in [-0.25, -0.2) is 0 Å². The minimum atomic E-state index is 0.285. The molecule has 1 atom stereocenters. The Balaban J connectivity index is 4.16. The molecule has 0 fully saturated rings. The molecule has 0 amide bonds. The normalized spacial score (nSPS) is 14.9. The molecule has 15 heavy (non-hydrogen) atoms. The van der Waals surface area contributed by atoms with Crippen molar-refractivity contribution in [3.8, 4) is 0 Å². The Morgan fingerprint density at radius 2 is 2.00 bits per heavy atom. The number of rotatable bonds is 7. The molecule has 0 aromatic carbocycles. The third-order valence-corrected chi connectivity index (χ3v) is 2.55. The van der Waals surface area contributed by atoms with Crippen LogP contribution in [-0.4, -0.2) is 35.1 Å². The van der Waals surface area contributed by atoms with Crippen LogP contribution in [0.4, 0.5) is 0 Å². The second kappa shape index (κ2) is 7.51. The number of oxime groups is 1. The summed E-state index contributed by atoms with van der Waals surface area (Å²) < 4.78 is 0. The quantitative estimate of drug-likeness (QED) is 0.295. The summed E-state index contributed by atoms with van der Waals surface area (Å²) in [6, 6.07) is 0.421. The lowest BCUT2D eigenvalue weighted by Gasteiger charge is -2.28. The summed E-state index contributed by atoms with van der Waals surface area (Å²) in [7, 11) is 0. The zero-order valence-electron chi connectivity index (χ0n) is 10.4. The molecule has 0 bridgehead atoms. The molecule has 4 heteroatoms. The molecular formula is C11H25N3O. The predicted octanol–water partition coefficient (Wildman–Crippen LogP) is 1.88. The number of nitrogens with zero attached hydrogens (tertiary/aromatic N) is 2. The Kier molecular flexibility index (Phi) is 7.13. The molecule has 0 radical (unpaired) electrons. The third kappa shape index (κ3) is 6.33. The molecule has 90 valence electrons. The van der Waals surface area contributed by atoms with Gasteiger partial charge >= 0.3 is 0 Å². The van der Waals surface area contributed by atoms with Crippen molar-refractivity contribution in [2.45, 2.75) is 46.6 Å². The monoisotopic (exact) mass is 215 g/mol. The summed E-state index contributed by atoms with van der Waals surface area (Å²) in [5, 5.41) is 11.6. The smallest absolute Gasteiger partial charge is 0.153 e. The highest BCUT2D eigenvalue weighted by Crippen LogP contribution is 2.09. The molecule has 0 aromatic heterocycles. The molecular weight excluding hydrogens is 190 g/mol. The van der Waals surface area contributed by atoms with Crippen LogP contribution in [0.15, 0.2) is 5.16 Å². The average Bonchev–Trinajstić information content (AvgIpc) is 2.16. The zero-order valence-corrected chi connectivity index (χ0v) is 10.4. The summed E-state index contributed by atoms with van der Waals surface area (Å²) >= 11 is 0. The van der Waals surface area contributed by atoms with Crippen LogP contribution in [0, 0.1) is 5.92 Å². The lowest BCUT2D eigenvalue weighted by Crippen LogP contribution is -2.41. The van der Waals surface area contributed by atoms with Gasteiger partial charge in [0.2, 0.25) is 0 Å². The molecule has 0 saturated carbocycles. The summed E-state index contributed by atoms with van der Waals surface area (Å²) in [5.74, 6) is 0.941. The van der Waals surface area contributed by atoms with Crippen molar-refractivity contribution in [1.29, 1.82) is 0 Å². The van der Waals surface area contributed by atoms with Gasteiger partial charge in [-0.15, -0.1) is 0 Å². The second-order valence-corrected chi connectivity index (χ2v) is 4.51. The first kappa shape index (κ1) is 14.2. The maximum absolute atomic E-state index is 8.54. The molecule has 0 aliphatic heterocycles. The lowest BCUT2D eigenvalue weighted by atomic mass is 10.0. The molecule has 0 heterocycles. The van der Waals surface area contributed by atoms with Crippen LogP contribution in [0.2, 0.25) is 0 Å². The average molecular weight is 215 g/mol. The molecule has 0 aliphatic carbocycles. The van der Waals surface area contributed by atoms with Crippen molar-refractivity contribution < 1.29 is 5.21 Å². The van der Waals surface area contributed by atoms with Gasteiger partial charge in [0.25, 0.3) is 0 Å². The number of nitrogens with two attached hydrogens (primary N) is 1. The lowest BCUT2D eigenvalue weighted by molar-refractivity contribution is 0.210. The molecule has 3 N–H and O–H groups in total. The van der Waals surface area contributed by atoms with Crippen molar-refractivity contribution in [1.82, 2.24) is 4.90 Å². The Morgan fingerprint density at radius 1 is 1.40 bits per heavy atom. The van der Waals surface area contributed by atoms with Gasteiger partial charge in [-0.3, -0.25) is 4.90 Å². The van der Waals surface area contributed by atoms with Crippen molar-refractivity contribution in [3.63, 3.8) is 0 Å². The van der Waals surface area contributed by atoms with Crippen LogP contribution in [-0.2, 0) is 0 Å². The van der Waals surface area contributed by atoms with E-state index in [-0.39, 0.29) is 5.84 Å². The predicted molar refractivity (Wildman–Crippen MR) is 64.2 cm³/mol. The van der Waals surface area contributed by atoms with Crippen molar-refractivity contribution >= 4 is 5.84 Å². The minimum absolute atomic E-state index is 0.285. The number of amidine groups is 1. The highest BCUT2D eigenvalue weighted by Gasteiger charge is 2.14. The molecule has 0 rings (SSSR count). The fourth-order valence-electron chi connectivity index (χ4n) is 1.68. The highest BCUT2D eigenvalue weighted by molar-refractivity contribution is 5.81. The first-order chi connectivity index (χ1) is 7.01. The van der Waals surface area contributed by atoms with Crippen LogP contribution >= 0.6 is 0 Å². The molecule has 1 unspecified atom stereocenters. The van der Waals surface area contributed by atoms with Crippen molar-refractivity contribution in [2.24, 2.45) is 16.8 Å². The van der Waals surface area contributed by atoms with E-state index in [1.165, 1.54) is 12.8 Å². The van der Waals surface area contributed by atoms with E-state index in [1.54, 1.807) is 0 Å². The maximum atomic E-state index is 8.54. The standard InChI is InChI=1S/C11H25N3O/c1-5-6-10(4)7-14(9(2)3)8-11(12)13-15/h9-10,15H,5-8H2,1-4H3,(H2,12,13). The van der Waals surface area contributed by atoms with Gasteiger partial charge in [0.15, 0.2) is 5.84 Å². The van der Waals surface area contributed by atoms with E-state index in [1.807, 2.05) is 0 Å². The van der Waals surface area contributed by atoms with Gasteiger partial charge in [-0.1, -0.05) is 25.4 Å². The highest BCUT2D eigenvalue weighted by atomic mass is 16.4. The molecule has 0 spiro atoms. The van der Waals surface area contributed by atoms with Crippen molar-refractivity contribution in [3.05, 3.63) is 0 Å². The van der Waals surface area contributed by atoms with E-state index < -0.39 is 0 Å². The van der Waals surface area contributed by atoms with Crippen LogP contribution in [0.1, 0.15) is 40.5 Å². The van der Waals surface area contributed by atoms with E-state index >= 15 is 0 Å². The van der Waals surface area contributed by atoms with E-state index in [9.17, 15) is 0 Å². The van der Waals surface area contributed by atoms with Crippen molar-refractivity contribution in [2.75, 3.05) is 13.1 Å². The Morgan fingerprint density at radius 3 is 2.40 bits per heavy atom. The van der Waals surface area contributed by atoms with Gasteiger partial charge in [-0.05, 0) is 26.2 Å². The summed E-state index contributed by atoms with van der Waals surface area (Å²) in [6.45, 7) is 10.2. The molecule has 0 aliphatic rings. The minimum Gasteiger partial charge on any atom is -0.409 e. The Labute approximate surface area is 93.1 Å². The number of hydrogen-bond acceptors (Lipinski definition) is 3. The van der Waals surface area contributed by atoms with Gasteiger partial charge < -0.3 is 10.9 Å². The summed E-state index contributed by atoms with van der Waals surface area (Å²) in [6.07, 6.45) is 2.43. The fraction of sp³-hybridized carbons (Fsp3) is 0.909. The van der Waals surface area contributed by atoms with Gasteiger partial charge in [0.05, 0.1) is 6.54 Å². The molecule has 0 saturated heterocycles. The first-order valence-corrected chi connectivity index (χ1v) is 5.71. The first-order valence-electron chi connectivity index (χ1n) is 5.71. The van der Waals surface area contributed by atoms with Gasteiger partial charge in [0.1, 0.15) is 0 Å². The van der Waals surface area contributed by atoms with E-state index in [0.717, 1.165) is 6.54 Å². The van der Waals surface area contributed by atoms with Crippen LogP contribution < -0.4 is 5.73 Å². The maximum Gasteiger partial charge on any atom is 0.153 e.